The van der Waals surface area contributed by atoms with Crippen LogP contribution >= 0.6 is 0 Å². The van der Waals surface area contributed by atoms with Crippen molar-refractivity contribution in [2.45, 2.75) is 37.6 Å². The molecule has 1 saturated heterocycles. The molecule has 0 radical (unpaired) electrons. The molecule has 20 heavy (non-hydrogen) atoms. The van der Waals surface area contributed by atoms with E-state index in [4.69, 9.17) is 4.98 Å². The molecule has 110 valence electrons. The Morgan fingerprint density at radius 3 is 2.40 bits per heavy atom. The van der Waals surface area contributed by atoms with E-state index in [2.05, 4.69) is 40.3 Å². The molecule has 5 nitrogen and oxygen atoms in total. The number of anilines is 2. The van der Waals surface area contributed by atoms with Crippen LogP contribution < -0.4 is 10.2 Å². The third-order valence-electron chi connectivity index (χ3n) is 4.45. The normalized spacial score (nSPS) is 20.5. The molecule has 1 aliphatic heterocycles. The predicted octanol–water partition coefficient (Wildman–Crippen LogP) is 1.93. The standard InChI is InChI=1S/C15H25N5/c1-16-13-10-14(18-15(17-13)11-4-5-11)20-8-6-12(7-9-20)19(2)3/h10-12H,4-9H2,1-3H3,(H,16,17,18). The van der Waals surface area contributed by atoms with Crippen LogP contribution in [0.4, 0.5) is 11.6 Å². The van der Waals surface area contributed by atoms with E-state index in [9.17, 15) is 0 Å². The second-order valence-corrected chi connectivity index (χ2v) is 6.18. The first kappa shape index (κ1) is 13.6. The quantitative estimate of drug-likeness (QED) is 0.909. The molecule has 0 unspecified atom stereocenters. The minimum atomic E-state index is 0.598. The van der Waals surface area contributed by atoms with E-state index in [-0.39, 0.29) is 0 Å². The highest BCUT2D eigenvalue weighted by Gasteiger charge is 2.28. The van der Waals surface area contributed by atoms with Crippen LogP contribution in [0.2, 0.25) is 0 Å². The molecule has 1 aromatic heterocycles. The lowest BCUT2D eigenvalue weighted by atomic mass is 10.0. The summed E-state index contributed by atoms with van der Waals surface area (Å²) in [5, 5.41) is 3.17. The largest absolute Gasteiger partial charge is 0.373 e. The van der Waals surface area contributed by atoms with E-state index in [0.717, 1.165) is 30.5 Å². The highest BCUT2D eigenvalue weighted by Crippen LogP contribution is 2.39. The van der Waals surface area contributed by atoms with Gasteiger partial charge in [-0.25, -0.2) is 9.97 Å². The molecule has 0 aromatic carbocycles. The van der Waals surface area contributed by atoms with Crippen LogP contribution in [0.1, 0.15) is 37.4 Å². The number of rotatable bonds is 4. The molecule has 2 aliphatic rings. The Balaban J connectivity index is 1.75. The van der Waals surface area contributed by atoms with Crippen molar-refractivity contribution in [2.24, 2.45) is 0 Å². The lowest BCUT2D eigenvalue weighted by Gasteiger charge is -2.36. The molecule has 3 rings (SSSR count). The van der Waals surface area contributed by atoms with Crippen LogP contribution in [0.25, 0.3) is 0 Å². The monoisotopic (exact) mass is 275 g/mol. The van der Waals surface area contributed by atoms with E-state index in [1.807, 2.05) is 7.05 Å². The van der Waals surface area contributed by atoms with E-state index < -0.39 is 0 Å². The van der Waals surface area contributed by atoms with Gasteiger partial charge in [-0.3, -0.25) is 0 Å². The van der Waals surface area contributed by atoms with Crippen LogP contribution in [-0.2, 0) is 0 Å². The lowest BCUT2D eigenvalue weighted by Crippen LogP contribution is -2.42. The highest BCUT2D eigenvalue weighted by atomic mass is 15.2. The summed E-state index contributed by atoms with van der Waals surface area (Å²) >= 11 is 0. The second-order valence-electron chi connectivity index (χ2n) is 6.18. The SMILES string of the molecule is CNc1cc(N2CCC(N(C)C)CC2)nc(C2CC2)n1. The topological polar surface area (TPSA) is 44.3 Å². The fourth-order valence-corrected chi connectivity index (χ4v) is 2.88. The van der Waals surface area contributed by atoms with Gasteiger partial charge in [-0.2, -0.15) is 0 Å². The molecule has 0 amide bonds. The molecule has 1 N–H and O–H groups in total. The number of piperidine rings is 1. The summed E-state index contributed by atoms with van der Waals surface area (Å²) in [6, 6.07) is 2.79. The third-order valence-corrected chi connectivity index (χ3v) is 4.45. The van der Waals surface area contributed by atoms with E-state index in [1.165, 1.54) is 25.7 Å². The van der Waals surface area contributed by atoms with Crippen molar-refractivity contribution in [1.82, 2.24) is 14.9 Å². The van der Waals surface area contributed by atoms with Crippen molar-refractivity contribution >= 4 is 11.6 Å². The van der Waals surface area contributed by atoms with E-state index in [1.54, 1.807) is 0 Å². The van der Waals surface area contributed by atoms with Gasteiger partial charge in [0.25, 0.3) is 0 Å². The molecule has 2 heterocycles. The molecule has 1 aliphatic carbocycles. The van der Waals surface area contributed by atoms with Gasteiger partial charge in [-0.1, -0.05) is 0 Å². The van der Waals surface area contributed by atoms with Crippen LogP contribution in [-0.4, -0.2) is 55.1 Å². The molecule has 0 bridgehead atoms. The van der Waals surface area contributed by atoms with Crippen molar-refractivity contribution < 1.29 is 0 Å². The van der Waals surface area contributed by atoms with Crippen LogP contribution in [0.5, 0.6) is 0 Å². The zero-order valence-electron chi connectivity index (χ0n) is 12.8. The van der Waals surface area contributed by atoms with Crippen LogP contribution in [0, 0.1) is 0 Å². The molecule has 1 saturated carbocycles. The smallest absolute Gasteiger partial charge is 0.136 e. The molecule has 2 fully saturated rings. The van der Waals surface area contributed by atoms with Crippen molar-refractivity contribution in [1.29, 1.82) is 0 Å². The first-order valence-corrected chi connectivity index (χ1v) is 7.65. The third kappa shape index (κ3) is 2.87. The Hall–Kier alpha value is -1.36. The maximum absolute atomic E-state index is 4.80. The lowest BCUT2D eigenvalue weighted by molar-refractivity contribution is 0.249. The average Bonchev–Trinajstić information content (AvgIpc) is 3.31. The average molecular weight is 275 g/mol. The fraction of sp³-hybridized carbons (Fsp3) is 0.733. The maximum Gasteiger partial charge on any atom is 0.136 e. The van der Waals surface area contributed by atoms with Crippen molar-refractivity contribution in [2.75, 3.05) is 44.4 Å². The summed E-state index contributed by atoms with van der Waals surface area (Å²) in [5.41, 5.74) is 0. The summed E-state index contributed by atoms with van der Waals surface area (Å²) in [7, 11) is 6.28. The van der Waals surface area contributed by atoms with Gasteiger partial charge in [0.15, 0.2) is 0 Å². The van der Waals surface area contributed by atoms with Crippen molar-refractivity contribution in [3.05, 3.63) is 11.9 Å². The van der Waals surface area contributed by atoms with Crippen LogP contribution in [0.3, 0.4) is 0 Å². The van der Waals surface area contributed by atoms with Gasteiger partial charge in [0.1, 0.15) is 17.5 Å². The zero-order valence-corrected chi connectivity index (χ0v) is 12.8. The summed E-state index contributed by atoms with van der Waals surface area (Å²) in [6.07, 6.45) is 4.92. The van der Waals surface area contributed by atoms with Gasteiger partial charge in [0, 0.05) is 38.2 Å². The number of aromatic nitrogens is 2. The van der Waals surface area contributed by atoms with Gasteiger partial charge in [-0.05, 0) is 39.8 Å². The summed E-state index contributed by atoms with van der Waals surface area (Å²) in [6.45, 7) is 2.18. The maximum atomic E-state index is 4.80. The molecular weight excluding hydrogens is 250 g/mol. The fourth-order valence-electron chi connectivity index (χ4n) is 2.88. The highest BCUT2D eigenvalue weighted by molar-refractivity contribution is 5.50. The van der Waals surface area contributed by atoms with Crippen molar-refractivity contribution in [3.63, 3.8) is 0 Å². The number of nitrogens with zero attached hydrogens (tertiary/aromatic N) is 4. The Morgan fingerprint density at radius 1 is 1.15 bits per heavy atom. The summed E-state index contributed by atoms with van der Waals surface area (Å²) in [4.78, 5) is 14.1. The second kappa shape index (κ2) is 5.56. The van der Waals surface area contributed by atoms with Crippen LogP contribution in [0.15, 0.2) is 6.07 Å². The van der Waals surface area contributed by atoms with Gasteiger partial charge < -0.3 is 15.1 Å². The Morgan fingerprint density at radius 2 is 1.85 bits per heavy atom. The van der Waals surface area contributed by atoms with E-state index in [0.29, 0.717) is 12.0 Å². The zero-order chi connectivity index (χ0) is 14.1. The molecule has 5 heteroatoms. The van der Waals surface area contributed by atoms with Gasteiger partial charge in [-0.15, -0.1) is 0 Å². The summed E-state index contributed by atoms with van der Waals surface area (Å²) < 4.78 is 0. The van der Waals surface area contributed by atoms with Gasteiger partial charge >= 0.3 is 0 Å². The van der Waals surface area contributed by atoms with E-state index >= 15 is 0 Å². The summed E-state index contributed by atoms with van der Waals surface area (Å²) in [5.74, 6) is 3.68. The number of nitrogens with one attached hydrogen (secondary N) is 1. The first-order chi connectivity index (χ1) is 9.67. The predicted molar refractivity (Wildman–Crippen MR) is 82.5 cm³/mol. The molecule has 0 spiro atoms. The van der Waals surface area contributed by atoms with Crippen molar-refractivity contribution in [3.8, 4) is 0 Å². The molecule has 0 atom stereocenters. The Labute approximate surface area is 121 Å². The Bertz CT molecular complexity index is 461. The number of hydrogen-bond acceptors (Lipinski definition) is 5. The minimum Gasteiger partial charge on any atom is -0.373 e. The molecular formula is C15H25N5. The minimum absolute atomic E-state index is 0.598. The van der Waals surface area contributed by atoms with Gasteiger partial charge in [0.05, 0.1) is 0 Å². The molecule has 1 aromatic rings. The Kier molecular flexibility index (Phi) is 3.78. The first-order valence-electron chi connectivity index (χ1n) is 7.65. The number of hydrogen-bond donors (Lipinski definition) is 1. The van der Waals surface area contributed by atoms with Gasteiger partial charge in [0.2, 0.25) is 0 Å².